The van der Waals surface area contributed by atoms with E-state index in [9.17, 15) is 24.9 Å². The van der Waals surface area contributed by atoms with Crippen LogP contribution in [0.2, 0.25) is 0 Å². The van der Waals surface area contributed by atoms with Crippen LogP contribution in [-0.2, 0) is 19.3 Å². The van der Waals surface area contributed by atoms with Gasteiger partial charge in [-0.25, -0.2) is 9.59 Å². The van der Waals surface area contributed by atoms with Crippen molar-refractivity contribution in [1.29, 1.82) is 0 Å². The fraction of sp³-hybridized carbons (Fsp3) is 0.643. The van der Waals surface area contributed by atoms with Crippen LogP contribution in [0.4, 0.5) is 0 Å². The van der Waals surface area contributed by atoms with E-state index in [1.807, 2.05) is 20.8 Å². The number of ether oxygens (including phenoxy) is 1. The van der Waals surface area contributed by atoms with Crippen molar-refractivity contribution in [1.82, 2.24) is 0 Å². The van der Waals surface area contributed by atoms with Gasteiger partial charge in [-0.1, -0.05) is 51.1 Å². The number of hydrogen-bond acceptors (Lipinski definition) is 8. The molecule has 8 heteroatoms. The number of carbonyl (C=O) groups is 2. The predicted molar refractivity (Wildman–Crippen MR) is 130 cm³/mol. The Hall–Kier alpha value is -2.26. The number of aliphatic hydroxyl groups is 3. The Morgan fingerprint density at radius 1 is 1.08 bits per heavy atom. The van der Waals surface area contributed by atoms with Gasteiger partial charge in [-0.15, -0.1) is 0 Å². The van der Waals surface area contributed by atoms with Gasteiger partial charge in [-0.3, -0.25) is 4.89 Å². The standard InChI is InChI=1S/C28H38O8/c1-17-11-14-27(33)16-28(34-24(32)19-9-7-6-8-10-19)15-20(36-35-18(2)29)12-13-26(28,5)23(31)22(30)21(17)25(27,3)4/h6-10,12-13,17,20-23,30-31,33H,11,14-16H2,1-5H3/t17?,20?,21?,22-,23-,26+,27-,28-/m1/s1. The summed E-state index contributed by atoms with van der Waals surface area (Å²) in [5.74, 6) is -1.56. The summed E-state index contributed by atoms with van der Waals surface area (Å²) in [4.78, 5) is 35.0. The lowest BCUT2D eigenvalue weighted by atomic mass is 9.46. The average Bonchev–Trinajstić information content (AvgIpc) is 2.82. The maximum Gasteiger partial charge on any atom is 0.339 e. The molecule has 2 bridgehead atoms. The fourth-order valence-corrected chi connectivity index (χ4v) is 6.99. The summed E-state index contributed by atoms with van der Waals surface area (Å²) in [6, 6.07) is 8.50. The maximum absolute atomic E-state index is 13.5. The minimum Gasteiger partial charge on any atom is -0.454 e. The third kappa shape index (κ3) is 4.18. The van der Waals surface area contributed by atoms with Crippen LogP contribution in [0, 0.1) is 22.7 Å². The normalized spacial score (nSPS) is 41.4. The number of carbonyl (C=O) groups excluding carboxylic acids is 2. The van der Waals surface area contributed by atoms with E-state index in [4.69, 9.17) is 14.5 Å². The van der Waals surface area contributed by atoms with Crippen LogP contribution >= 0.6 is 0 Å². The van der Waals surface area contributed by atoms with E-state index < -0.39 is 52.3 Å². The molecule has 4 rings (SSSR count). The van der Waals surface area contributed by atoms with Crippen LogP contribution < -0.4 is 0 Å². The number of aliphatic hydroxyl groups excluding tert-OH is 2. The van der Waals surface area contributed by atoms with Crippen molar-refractivity contribution in [3.8, 4) is 0 Å². The van der Waals surface area contributed by atoms with Crippen molar-refractivity contribution in [3.63, 3.8) is 0 Å². The summed E-state index contributed by atoms with van der Waals surface area (Å²) in [6.07, 6.45) is 1.14. The number of esters is 1. The van der Waals surface area contributed by atoms with Gasteiger partial charge in [0.1, 0.15) is 11.7 Å². The van der Waals surface area contributed by atoms with Crippen molar-refractivity contribution < 1.29 is 39.4 Å². The number of fused-ring (bicyclic) bond motifs is 3. The second-order valence-electron chi connectivity index (χ2n) is 11.7. The Labute approximate surface area is 212 Å². The Balaban J connectivity index is 1.87. The number of rotatable bonds is 4. The Bertz CT molecular complexity index is 1020. The van der Waals surface area contributed by atoms with E-state index in [1.54, 1.807) is 49.4 Å². The fourth-order valence-electron chi connectivity index (χ4n) is 6.99. The van der Waals surface area contributed by atoms with Gasteiger partial charge in [0.2, 0.25) is 0 Å². The van der Waals surface area contributed by atoms with E-state index in [-0.39, 0.29) is 24.7 Å². The lowest BCUT2D eigenvalue weighted by Crippen LogP contribution is -2.71. The monoisotopic (exact) mass is 502 g/mol. The molecule has 198 valence electrons. The van der Waals surface area contributed by atoms with Crippen LogP contribution in [0.1, 0.15) is 70.7 Å². The molecule has 0 saturated heterocycles. The Morgan fingerprint density at radius 2 is 1.75 bits per heavy atom. The molecule has 0 spiro atoms. The summed E-state index contributed by atoms with van der Waals surface area (Å²) in [7, 11) is 0. The van der Waals surface area contributed by atoms with Gasteiger partial charge in [-0.05, 0) is 49.1 Å². The predicted octanol–water partition coefficient (Wildman–Crippen LogP) is 3.34. The lowest BCUT2D eigenvalue weighted by Gasteiger charge is -2.64. The van der Waals surface area contributed by atoms with Gasteiger partial charge in [-0.2, -0.15) is 4.89 Å². The third-order valence-electron chi connectivity index (χ3n) is 9.30. The topological polar surface area (TPSA) is 123 Å². The first-order valence-corrected chi connectivity index (χ1v) is 12.7. The number of benzene rings is 1. The first-order valence-electron chi connectivity index (χ1n) is 12.7. The first-order chi connectivity index (χ1) is 16.8. The lowest BCUT2D eigenvalue weighted by molar-refractivity contribution is -0.309. The van der Waals surface area contributed by atoms with Crippen LogP contribution in [0.25, 0.3) is 0 Å². The highest BCUT2D eigenvalue weighted by Crippen LogP contribution is 2.62. The maximum atomic E-state index is 13.5. The molecule has 1 aromatic rings. The highest BCUT2D eigenvalue weighted by molar-refractivity contribution is 5.89. The van der Waals surface area contributed by atoms with E-state index in [1.165, 1.54) is 6.92 Å². The average molecular weight is 503 g/mol. The molecular formula is C28H38O8. The molecule has 0 heterocycles. The third-order valence-corrected chi connectivity index (χ3v) is 9.30. The van der Waals surface area contributed by atoms with Crippen LogP contribution in [-0.4, -0.2) is 56.8 Å². The van der Waals surface area contributed by atoms with Crippen molar-refractivity contribution in [2.75, 3.05) is 0 Å². The summed E-state index contributed by atoms with van der Waals surface area (Å²) < 4.78 is 6.30. The first kappa shape index (κ1) is 26.8. The summed E-state index contributed by atoms with van der Waals surface area (Å²) in [5.41, 5.74) is -4.56. The molecule has 0 aliphatic heterocycles. The number of hydrogen-bond donors (Lipinski definition) is 3. The summed E-state index contributed by atoms with van der Waals surface area (Å²) in [5, 5.41) is 35.6. The van der Waals surface area contributed by atoms with E-state index >= 15 is 0 Å². The molecule has 3 aliphatic carbocycles. The van der Waals surface area contributed by atoms with Crippen LogP contribution in [0.5, 0.6) is 0 Å². The Kier molecular flexibility index (Phi) is 6.88. The van der Waals surface area contributed by atoms with E-state index in [0.717, 1.165) is 0 Å². The minimum absolute atomic E-state index is 0.00818. The second kappa shape index (κ2) is 9.24. The van der Waals surface area contributed by atoms with E-state index in [2.05, 4.69) is 0 Å². The highest BCUT2D eigenvalue weighted by Gasteiger charge is 2.68. The van der Waals surface area contributed by atoms with Gasteiger partial charge < -0.3 is 20.1 Å². The zero-order chi connectivity index (χ0) is 26.5. The molecule has 3 aliphatic rings. The smallest absolute Gasteiger partial charge is 0.339 e. The van der Waals surface area contributed by atoms with E-state index in [0.29, 0.717) is 18.4 Å². The molecule has 3 unspecified atom stereocenters. The molecule has 8 nitrogen and oxygen atoms in total. The quantitative estimate of drug-likeness (QED) is 0.248. The molecule has 2 saturated carbocycles. The van der Waals surface area contributed by atoms with Crippen molar-refractivity contribution in [2.45, 2.75) is 89.8 Å². The summed E-state index contributed by atoms with van der Waals surface area (Å²) >= 11 is 0. The molecule has 0 aromatic heterocycles. The van der Waals surface area contributed by atoms with Crippen LogP contribution in [0.3, 0.4) is 0 Å². The molecule has 2 fully saturated rings. The van der Waals surface area contributed by atoms with Gasteiger partial charge in [0, 0.05) is 19.8 Å². The SMILES string of the molecule is CC(=O)OOC1C=C[C@@]2(C)[C@H](O)[C@H](O)C3C(C)CC[C@@](O)(C[C@]2(OC(=O)c2ccccc2)C1)C3(C)C. The van der Waals surface area contributed by atoms with Crippen molar-refractivity contribution in [2.24, 2.45) is 22.7 Å². The van der Waals surface area contributed by atoms with Gasteiger partial charge >= 0.3 is 11.9 Å². The molecule has 8 atom stereocenters. The highest BCUT2D eigenvalue weighted by atomic mass is 17.2. The second-order valence-corrected chi connectivity index (χ2v) is 11.7. The zero-order valence-electron chi connectivity index (χ0n) is 21.6. The van der Waals surface area contributed by atoms with Gasteiger partial charge in [0.15, 0.2) is 0 Å². The van der Waals surface area contributed by atoms with Gasteiger partial charge in [0.25, 0.3) is 0 Å². The van der Waals surface area contributed by atoms with Crippen molar-refractivity contribution >= 4 is 11.9 Å². The largest absolute Gasteiger partial charge is 0.454 e. The van der Waals surface area contributed by atoms with Gasteiger partial charge in [0.05, 0.1) is 28.8 Å². The molecule has 0 radical (unpaired) electrons. The van der Waals surface area contributed by atoms with Crippen LogP contribution in [0.15, 0.2) is 42.5 Å². The molecule has 36 heavy (non-hydrogen) atoms. The summed E-state index contributed by atoms with van der Waals surface area (Å²) in [6.45, 7) is 8.80. The molecule has 3 N–H and O–H groups in total. The van der Waals surface area contributed by atoms with Crippen molar-refractivity contribution in [3.05, 3.63) is 48.0 Å². The zero-order valence-corrected chi connectivity index (χ0v) is 21.6. The Morgan fingerprint density at radius 3 is 2.39 bits per heavy atom. The molecule has 0 amide bonds. The molecule has 1 aromatic carbocycles. The minimum atomic E-state index is -1.49. The molecular weight excluding hydrogens is 464 g/mol.